The van der Waals surface area contributed by atoms with Gasteiger partial charge in [-0.2, -0.15) is 0 Å². The van der Waals surface area contributed by atoms with Crippen molar-refractivity contribution in [2.45, 2.75) is 31.8 Å². The molecule has 1 amide bonds. The summed E-state index contributed by atoms with van der Waals surface area (Å²) in [5.74, 6) is 0.350. The number of carbonyl (C=O) groups excluding carboxylic acids is 1. The second-order valence-electron chi connectivity index (χ2n) is 9.06. The van der Waals surface area contributed by atoms with E-state index in [2.05, 4.69) is 5.32 Å². The maximum atomic E-state index is 13.2. The van der Waals surface area contributed by atoms with Crippen LogP contribution in [-0.4, -0.2) is 23.6 Å². The molecule has 1 unspecified atom stereocenters. The number of amides is 1. The van der Waals surface area contributed by atoms with Gasteiger partial charge < -0.3 is 14.8 Å². The number of rotatable bonds is 5. The Hall–Kier alpha value is -3.25. The molecule has 0 spiro atoms. The van der Waals surface area contributed by atoms with Gasteiger partial charge in [-0.3, -0.25) is 9.59 Å². The summed E-state index contributed by atoms with van der Waals surface area (Å²) in [5.41, 5.74) is 3.35. The summed E-state index contributed by atoms with van der Waals surface area (Å²) in [6.45, 7) is 3.49. The van der Waals surface area contributed by atoms with E-state index in [9.17, 15) is 14.0 Å². The van der Waals surface area contributed by atoms with Gasteiger partial charge in [-0.15, -0.1) is 0 Å². The molecule has 164 valence electrons. The van der Waals surface area contributed by atoms with Gasteiger partial charge in [-0.05, 0) is 36.2 Å². The molecule has 2 aliphatic heterocycles. The zero-order valence-electron chi connectivity index (χ0n) is 17.9. The van der Waals surface area contributed by atoms with Crippen molar-refractivity contribution in [1.29, 1.82) is 0 Å². The first-order valence-electron chi connectivity index (χ1n) is 11.2. The minimum Gasteiger partial charge on any atom is -0.330 e. The predicted octanol–water partition coefficient (Wildman–Crippen LogP) is 2.37. The van der Waals surface area contributed by atoms with Gasteiger partial charge >= 0.3 is 0 Å². The second-order valence-corrected chi connectivity index (χ2v) is 9.06. The molecule has 2 N–H and O–H groups in total. The van der Waals surface area contributed by atoms with E-state index < -0.39 is 0 Å². The molecule has 3 atom stereocenters. The fourth-order valence-electron chi connectivity index (χ4n) is 5.28. The van der Waals surface area contributed by atoms with E-state index in [1.807, 2.05) is 53.1 Å². The first-order chi connectivity index (χ1) is 15.5. The van der Waals surface area contributed by atoms with E-state index in [1.165, 1.54) is 17.0 Å². The molecular weight excluding hydrogens is 405 g/mol. The van der Waals surface area contributed by atoms with Crippen LogP contribution in [0, 0.1) is 11.7 Å². The Labute approximate surface area is 186 Å². The van der Waals surface area contributed by atoms with Gasteiger partial charge in [0.1, 0.15) is 18.0 Å². The lowest BCUT2D eigenvalue weighted by Gasteiger charge is -2.40. The Morgan fingerprint density at radius 2 is 1.78 bits per heavy atom. The third-order valence-corrected chi connectivity index (χ3v) is 6.65. The molecule has 0 radical (unpaired) electrons. The van der Waals surface area contributed by atoms with E-state index in [0.717, 1.165) is 42.9 Å². The Bertz CT molecular complexity index is 1170. The van der Waals surface area contributed by atoms with Crippen LogP contribution in [0.5, 0.6) is 0 Å². The summed E-state index contributed by atoms with van der Waals surface area (Å²) in [5, 5.41) is 2.81. The van der Waals surface area contributed by atoms with Crippen molar-refractivity contribution < 1.29 is 14.1 Å². The third kappa shape index (κ3) is 4.36. The largest absolute Gasteiger partial charge is 0.330 e. The standard InChI is InChI=1S/C26H26FN3O2/c27-22-8-6-19(7-9-22)14-29-15-20-12-21(17-29)24-11-10-23(26(32)30(24)16-20)28-25(31)13-18-4-2-1-3-5-18/h1-11,20-21H,12-17H2,(H,28,31)/p+1/t20-,21+/m0/s1. The maximum Gasteiger partial charge on any atom is 0.274 e. The van der Waals surface area contributed by atoms with E-state index >= 15 is 0 Å². The summed E-state index contributed by atoms with van der Waals surface area (Å²) in [6, 6.07) is 20.0. The number of quaternary nitrogens is 1. The van der Waals surface area contributed by atoms with Crippen LogP contribution in [0.15, 0.2) is 71.5 Å². The number of fused-ring (bicyclic) bond motifs is 4. The lowest BCUT2D eigenvalue weighted by molar-refractivity contribution is -0.924. The molecule has 32 heavy (non-hydrogen) atoms. The molecule has 1 aromatic heterocycles. The van der Waals surface area contributed by atoms with Gasteiger partial charge in [-0.1, -0.05) is 42.5 Å². The zero-order chi connectivity index (χ0) is 22.1. The highest BCUT2D eigenvalue weighted by Crippen LogP contribution is 2.31. The van der Waals surface area contributed by atoms with Crippen LogP contribution in [-0.2, 0) is 24.3 Å². The van der Waals surface area contributed by atoms with E-state index in [4.69, 9.17) is 0 Å². The highest BCUT2D eigenvalue weighted by atomic mass is 19.1. The first-order valence-corrected chi connectivity index (χ1v) is 11.2. The van der Waals surface area contributed by atoms with Gasteiger partial charge in [0.05, 0.1) is 19.5 Å². The SMILES string of the molecule is O=C(Cc1ccccc1)Nc1ccc2n(c1=O)C[C@H]1C[C@@H]2C[NH+](Cc2ccc(F)cc2)C1. The fourth-order valence-corrected chi connectivity index (χ4v) is 5.28. The first kappa shape index (κ1) is 20.6. The monoisotopic (exact) mass is 432 g/mol. The van der Waals surface area contributed by atoms with Crippen molar-refractivity contribution in [3.8, 4) is 0 Å². The van der Waals surface area contributed by atoms with E-state index in [-0.39, 0.29) is 23.7 Å². The molecule has 3 aromatic rings. The molecule has 2 aromatic carbocycles. The lowest BCUT2D eigenvalue weighted by atomic mass is 9.83. The molecular formula is C26H27FN3O2+. The van der Waals surface area contributed by atoms with Crippen molar-refractivity contribution in [2.75, 3.05) is 18.4 Å². The number of hydrogen-bond acceptors (Lipinski definition) is 2. The molecule has 0 aliphatic carbocycles. The van der Waals surface area contributed by atoms with Gasteiger partial charge in [0.15, 0.2) is 0 Å². The zero-order valence-corrected chi connectivity index (χ0v) is 17.9. The van der Waals surface area contributed by atoms with Crippen molar-refractivity contribution >= 4 is 11.6 Å². The number of likely N-dealkylation sites (tertiary alicyclic amines) is 1. The Balaban J connectivity index is 1.30. The number of carbonyl (C=O) groups is 1. The molecule has 1 saturated heterocycles. The van der Waals surface area contributed by atoms with Crippen LogP contribution >= 0.6 is 0 Å². The fraction of sp³-hybridized carbons (Fsp3) is 0.308. The number of anilines is 1. The topological polar surface area (TPSA) is 55.5 Å². The smallest absolute Gasteiger partial charge is 0.274 e. The summed E-state index contributed by atoms with van der Waals surface area (Å²) >= 11 is 0. The number of pyridine rings is 1. The minimum absolute atomic E-state index is 0.111. The average molecular weight is 433 g/mol. The van der Waals surface area contributed by atoms with Gasteiger partial charge in [0.2, 0.25) is 5.91 Å². The number of piperidine rings is 1. The number of benzene rings is 2. The maximum absolute atomic E-state index is 13.2. The molecule has 2 bridgehead atoms. The predicted molar refractivity (Wildman–Crippen MR) is 121 cm³/mol. The number of aromatic nitrogens is 1. The number of hydrogen-bond donors (Lipinski definition) is 2. The normalized spacial score (nSPS) is 21.6. The van der Waals surface area contributed by atoms with Crippen LogP contribution in [0.4, 0.5) is 10.1 Å². The Morgan fingerprint density at radius 3 is 2.56 bits per heavy atom. The minimum atomic E-state index is -0.209. The van der Waals surface area contributed by atoms with Crippen LogP contribution in [0.25, 0.3) is 0 Å². The van der Waals surface area contributed by atoms with Gasteiger partial charge in [0, 0.05) is 29.6 Å². The van der Waals surface area contributed by atoms with Crippen molar-refractivity contribution in [1.82, 2.24) is 4.57 Å². The quantitative estimate of drug-likeness (QED) is 0.651. The summed E-state index contributed by atoms with van der Waals surface area (Å²) < 4.78 is 15.1. The van der Waals surface area contributed by atoms with Crippen LogP contribution in [0.2, 0.25) is 0 Å². The summed E-state index contributed by atoms with van der Waals surface area (Å²) in [7, 11) is 0. The van der Waals surface area contributed by atoms with Crippen LogP contribution in [0.1, 0.15) is 29.2 Å². The Morgan fingerprint density at radius 1 is 1.00 bits per heavy atom. The lowest BCUT2D eigenvalue weighted by Crippen LogP contribution is -3.13. The van der Waals surface area contributed by atoms with Gasteiger partial charge in [-0.25, -0.2) is 4.39 Å². The molecule has 3 heterocycles. The van der Waals surface area contributed by atoms with Crippen LogP contribution < -0.4 is 15.8 Å². The highest BCUT2D eigenvalue weighted by molar-refractivity contribution is 5.92. The van der Waals surface area contributed by atoms with E-state index in [0.29, 0.717) is 24.1 Å². The van der Waals surface area contributed by atoms with Crippen LogP contribution in [0.3, 0.4) is 0 Å². The molecule has 0 saturated carbocycles. The van der Waals surface area contributed by atoms with Crippen molar-refractivity contribution in [2.24, 2.45) is 5.92 Å². The van der Waals surface area contributed by atoms with Crippen molar-refractivity contribution in [3.05, 3.63) is 99.7 Å². The number of nitrogens with one attached hydrogen (secondary N) is 2. The van der Waals surface area contributed by atoms with Crippen molar-refractivity contribution in [3.63, 3.8) is 0 Å². The second kappa shape index (κ2) is 8.71. The molecule has 2 aliphatic rings. The summed E-state index contributed by atoms with van der Waals surface area (Å²) in [6.07, 6.45) is 1.33. The molecule has 5 nitrogen and oxygen atoms in total. The molecule has 6 heteroatoms. The average Bonchev–Trinajstić information content (AvgIpc) is 2.78. The molecule has 1 fully saturated rings. The number of nitrogens with zero attached hydrogens (tertiary/aromatic N) is 1. The van der Waals surface area contributed by atoms with Gasteiger partial charge in [0.25, 0.3) is 5.56 Å². The highest BCUT2D eigenvalue weighted by Gasteiger charge is 2.37. The van der Waals surface area contributed by atoms with E-state index in [1.54, 1.807) is 6.07 Å². The third-order valence-electron chi connectivity index (χ3n) is 6.65. The summed E-state index contributed by atoms with van der Waals surface area (Å²) in [4.78, 5) is 27.1. The molecule has 5 rings (SSSR count). The number of halogens is 1. The Kier molecular flexibility index (Phi) is 5.62.